The minimum Gasteiger partial charge on any atom is -0.508 e. The average Bonchev–Trinajstić information content (AvgIpc) is 2.68. The molecular weight excluding hydrogens is 224 g/mol. The first-order chi connectivity index (χ1) is 8.66. The summed E-state index contributed by atoms with van der Waals surface area (Å²) >= 11 is 0. The van der Waals surface area contributed by atoms with Crippen molar-refractivity contribution in [2.75, 3.05) is 0 Å². The highest BCUT2D eigenvalue weighted by Gasteiger charge is 2.11. The Balaban J connectivity index is 2.31. The molecule has 0 aliphatic rings. The Kier molecular flexibility index (Phi) is 2.33. The molecule has 2 aromatic carbocycles. The molecule has 0 radical (unpaired) electrons. The SMILES string of the molecule is Cc1ccccc1-c1nc2ccc(O)cc2n1C. The van der Waals surface area contributed by atoms with Crippen molar-refractivity contribution in [3.05, 3.63) is 48.0 Å². The molecule has 0 amide bonds. The fraction of sp³-hybridized carbons (Fsp3) is 0.133. The van der Waals surface area contributed by atoms with Crippen LogP contribution in [-0.2, 0) is 7.05 Å². The molecule has 0 unspecified atom stereocenters. The molecule has 3 heteroatoms. The molecule has 18 heavy (non-hydrogen) atoms. The summed E-state index contributed by atoms with van der Waals surface area (Å²) in [4.78, 5) is 4.64. The summed E-state index contributed by atoms with van der Waals surface area (Å²) in [5.74, 6) is 1.19. The van der Waals surface area contributed by atoms with Crippen molar-refractivity contribution in [3.8, 4) is 17.1 Å². The third-order valence-electron chi connectivity index (χ3n) is 3.25. The molecule has 0 bridgehead atoms. The van der Waals surface area contributed by atoms with E-state index in [-0.39, 0.29) is 5.75 Å². The highest BCUT2D eigenvalue weighted by Crippen LogP contribution is 2.27. The van der Waals surface area contributed by atoms with E-state index in [1.54, 1.807) is 12.1 Å². The number of benzene rings is 2. The molecule has 1 heterocycles. The number of hydrogen-bond acceptors (Lipinski definition) is 2. The summed E-state index contributed by atoms with van der Waals surface area (Å²) in [6, 6.07) is 13.4. The molecule has 0 fully saturated rings. The zero-order chi connectivity index (χ0) is 12.7. The van der Waals surface area contributed by atoms with Crippen LogP contribution < -0.4 is 0 Å². The van der Waals surface area contributed by atoms with Gasteiger partial charge in [0.05, 0.1) is 11.0 Å². The molecule has 3 aromatic rings. The van der Waals surface area contributed by atoms with Crippen LogP contribution in [0.3, 0.4) is 0 Å². The third-order valence-corrected chi connectivity index (χ3v) is 3.25. The van der Waals surface area contributed by atoms with Gasteiger partial charge in [-0.25, -0.2) is 4.98 Å². The Bertz CT molecular complexity index is 728. The van der Waals surface area contributed by atoms with Crippen molar-refractivity contribution >= 4 is 11.0 Å². The first-order valence-electron chi connectivity index (χ1n) is 5.88. The molecule has 1 N–H and O–H groups in total. The van der Waals surface area contributed by atoms with Gasteiger partial charge in [-0.1, -0.05) is 24.3 Å². The molecule has 0 atom stereocenters. The van der Waals surface area contributed by atoms with Crippen LogP contribution in [0.1, 0.15) is 5.56 Å². The lowest BCUT2D eigenvalue weighted by Gasteiger charge is -2.05. The summed E-state index contributed by atoms with van der Waals surface area (Å²) in [5, 5.41) is 9.55. The Hall–Kier alpha value is -2.29. The van der Waals surface area contributed by atoms with Gasteiger partial charge in [0, 0.05) is 18.7 Å². The largest absolute Gasteiger partial charge is 0.508 e. The summed E-state index contributed by atoms with van der Waals surface area (Å²) in [5.41, 5.74) is 4.15. The number of nitrogens with zero attached hydrogens (tertiary/aromatic N) is 2. The molecular formula is C15H14N2O. The van der Waals surface area contributed by atoms with Crippen LogP contribution in [0.4, 0.5) is 0 Å². The zero-order valence-electron chi connectivity index (χ0n) is 10.4. The van der Waals surface area contributed by atoms with E-state index in [0.29, 0.717) is 0 Å². The van der Waals surface area contributed by atoms with Gasteiger partial charge < -0.3 is 9.67 Å². The summed E-state index contributed by atoms with van der Waals surface area (Å²) in [6.45, 7) is 2.08. The summed E-state index contributed by atoms with van der Waals surface area (Å²) in [7, 11) is 1.97. The first-order valence-corrected chi connectivity index (χ1v) is 5.88. The molecule has 3 rings (SSSR count). The number of imidazole rings is 1. The second-order valence-electron chi connectivity index (χ2n) is 4.48. The standard InChI is InChI=1S/C15H14N2O/c1-10-5-3-4-6-12(10)15-16-13-8-7-11(18)9-14(13)17(15)2/h3-9,18H,1-2H3. The van der Waals surface area contributed by atoms with Crippen molar-refractivity contribution in [3.63, 3.8) is 0 Å². The predicted octanol–water partition coefficient (Wildman–Crippen LogP) is 3.25. The lowest BCUT2D eigenvalue weighted by atomic mass is 10.1. The normalized spacial score (nSPS) is 11.0. The molecule has 1 aromatic heterocycles. The van der Waals surface area contributed by atoms with Gasteiger partial charge in [-0.3, -0.25) is 0 Å². The smallest absolute Gasteiger partial charge is 0.141 e. The van der Waals surface area contributed by atoms with E-state index in [4.69, 9.17) is 0 Å². The predicted molar refractivity (Wildman–Crippen MR) is 72.6 cm³/mol. The summed E-state index contributed by atoms with van der Waals surface area (Å²) in [6.07, 6.45) is 0. The maximum atomic E-state index is 9.55. The van der Waals surface area contributed by atoms with Crippen LogP contribution in [0.5, 0.6) is 5.75 Å². The number of rotatable bonds is 1. The molecule has 90 valence electrons. The fourth-order valence-electron chi connectivity index (χ4n) is 2.24. The molecule has 3 nitrogen and oxygen atoms in total. The average molecular weight is 238 g/mol. The third kappa shape index (κ3) is 1.56. The number of fused-ring (bicyclic) bond motifs is 1. The maximum absolute atomic E-state index is 9.55. The Morgan fingerprint density at radius 1 is 1.11 bits per heavy atom. The topological polar surface area (TPSA) is 38.1 Å². The Labute approximate surface area is 105 Å². The minimum atomic E-state index is 0.266. The molecule has 0 saturated carbocycles. The van der Waals surface area contributed by atoms with E-state index >= 15 is 0 Å². The van der Waals surface area contributed by atoms with Crippen molar-refractivity contribution < 1.29 is 5.11 Å². The maximum Gasteiger partial charge on any atom is 0.141 e. The Morgan fingerprint density at radius 3 is 2.67 bits per heavy atom. The Morgan fingerprint density at radius 2 is 1.89 bits per heavy atom. The number of aromatic nitrogens is 2. The lowest BCUT2D eigenvalue weighted by molar-refractivity contribution is 0.476. The van der Waals surface area contributed by atoms with Gasteiger partial charge >= 0.3 is 0 Å². The van der Waals surface area contributed by atoms with Gasteiger partial charge in [0.1, 0.15) is 11.6 Å². The number of aryl methyl sites for hydroxylation is 2. The van der Waals surface area contributed by atoms with Crippen LogP contribution in [0.25, 0.3) is 22.4 Å². The van der Waals surface area contributed by atoms with E-state index in [1.165, 1.54) is 5.56 Å². The number of hydrogen-bond donors (Lipinski definition) is 1. The van der Waals surface area contributed by atoms with Crippen LogP contribution in [0.15, 0.2) is 42.5 Å². The molecule has 0 saturated heterocycles. The lowest BCUT2D eigenvalue weighted by Crippen LogP contribution is -1.94. The van der Waals surface area contributed by atoms with Crippen LogP contribution >= 0.6 is 0 Å². The number of phenols is 1. The quantitative estimate of drug-likeness (QED) is 0.706. The monoisotopic (exact) mass is 238 g/mol. The van der Waals surface area contributed by atoms with E-state index in [9.17, 15) is 5.11 Å². The zero-order valence-corrected chi connectivity index (χ0v) is 10.4. The first kappa shape index (κ1) is 10.8. The van der Waals surface area contributed by atoms with E-state index < -0.39 is 0 Å². The minimum absolute atomic E-state index is 0.266. The van der Waals surface area contributed by atoms with Crippen molar-refractivity contribution in [2.24, 2.45) is 7.05 Å². The van der Waals surface area contributed by atoms with Crippen LogP contribution in [0.2, 0.25) is 0 Å². The highest BCUT2D eigenvalue weighted by molar-refractivity contribution is 5.82. The number of phenolic OH excluding ortho intramolecular Hbond substituents is 1. The van der Waals surface area contributed by atoms with Gasteiger partial charge in [-0.15, -0.1) is 0 Å². The van der Waals surface area contributed by atoms with Crippen LogP contribution in [0, 0.1) is 6.92 Å². The number of aromatic hydroxyl groups is 1. The van der Waals surface area contributed by atoms with E-state index in [2.05, 4.69) is 24.0 Å². The van der Waals surface area contributed by atoms with Gasteiger partial charge in [-0.2, -0.15) is 0 Å². The second kappa shape index (κ2) is 3.88. The van der Waals surface area contributed by atoms with Gasteiger partial charge in [0.15, 0.2) is 0 Å². The molecule has 0 aliphatic carbocycles. The van der Waals surface area contributed by atoms with E-state index in [1.807, 2.05) is 29.8 Å². The molecule has 0 spiro atoms. The van der Waals surface area contributed by atoms with Gasteiger partial charge in [0.25, 0.3) is 0 Å². The fourth-order valence-corrected chi connectivity index (χ4v) is 2.24. The summed E-state index contributed by atoms with van der Waals surface area (Å²) < 4.78 is 2.01. The van der Waals surface area contributed by atoms with Crippen molar-refractivity contribution in [1.82, 2.24) is 9.55 Å². The van der Waals surface area contributed by atoms with E-state index in [0.717, 1.165) is 22.4 Å². The van der Waals surface area contributed by atoms with Crippen molar-refractivity contribution in [1.29, 1.82) is 0 Å². The second-order valence-corrected chi connectivity index (χ2v) is 4.48. The van der Waals surface area contributed by atoms with Gasteiger partial charge in [-0.05, 0) is 24.6 Å². The van der Waals surface area contributed by atoms with Crippen molar-refractivity contribution in [2.45, 2.75) is 6.92 Å². The highest BCUT2D eigenvalue weighted by atomic mass is 16.3. The van der Waals surface area contributed by atoms with Crippen LogP contribution in [-0.4, -0.2) is 14.7 Å². The molecule has 0 aliphatic heterocycles. The van der Waals surface area contributed by atoms with Gasteiger partial charge in [0.2, 0.25) is 0 Å².